The third-order valence-electron chi connectivity index (χ3n) is 3.59. The van der Waals surface area contributed by atoms with E-state index in [4.69, 9.17) is 0 Å². The van der Waals surface area contributed by atoms with Crippen molar-refractivity contribution < 1.29 is 23.9 Å². The number of rotatable bonds is 6. The van der Waals surface area contributed by atoms with Gasteiger partial charge in [0.2, 0.25) is 0 Å². The van der Waals surface area contributed by atoms with E-state index in [1.54, 1.807) is 13.0 Å². The van der Waals surface area contributed by atoms with Crippen molar-refractivity contribution in [2.45, 2.75) is 25.6 Å². The first-order valence-corrected chi connectivity index (χ1v) is 8.38. The summed E-state index contributed by atoms with van der Waals surface area (Å²) in [5.74, 6) is -1.53. The number of nitro groups is 1. The first-order valence-electron chi connectivity index (χ1n) is 7.30. The number of nitro benzene ring substituents is 1. The molecule has 6 nitrogen and oxygen atoms in total. The quantitative estimate of drug-likeness (QED) is 0.341. The van der Waals surface area contributed by atoms with Crippen molar-refractivity contribution in [2.75, 3.05) is 5.32 Å². The molecule has 2 unspecified atom stereocenters. The molecule has 0 fully saturated rings. The molecular formula is C16H15F2IN2O4. The van der Waals surface area contributed by atoms with E-state index in [0.717, 1.165) is 12.1 Å². The van der Waals surface area contributed by atoms with Crippen LogP contribution in [0.5, 0.6) is 0 Å². The summed E-state index contributed by atoms with van der Waals surface area (Å²) >= 11 is 1.90. The Morgan fingerprint density at radius 3 is 2.48 bits per heavy atom. The second-order valence-electron chi connectivity index (χ2n) is 5.32. The van der Waals surface area contributed by atoms with Gasteiger partial charge in [-0.2, -0.15) is 0 Å². The molecule has 0 bridgehead atoms. The lowest BCUT2D eigenvalue weighted by Crippen LogP contribution is -2.19. The van der Waals surface area contributed by atoms with Crippen LogP contribution < -0.4 is 5.32 Å². The van der Waals surface area contributed by atoms with Crippen LogP contribution in [0.2, 0.25) is 0 Å². The second-order valence-corrected chi connectivity index (χ2v) is 6.56. The molecule has 0 spiro atoms. The van der Waals surface area contributed by atoms with Gasteiger partial charge in [-0.05, 0) is 53.3 Å². The van der Waals surface area contributed by atoms with Crippen LogP contribution in [-0.2, 0) is 0 Å². The number of benzene rings is 2. The highest BCUT2D eigenvalue weighted by Gasteiger charge is 2.30. The highest BCUT2D eigenvalue weighted by atomic mass is 127. The van der Waals surface area contributed by atoms with E-state index >= 15 is 0 Å². The van der Waals surface area contributed by atoms with Gasteiger partial charge in [0.15, 0.2) is 0 Å². The van der Waals surface area contributed by atoms with Gasteiger partial charge in [0.1, 0.15) is 23.4 Å². The third kappa shape index (κ3) is 4.41. The number of nitrogens with zero attached hydrogens (tertiary/aromatic N) is 1. The Balaban J connectivity index is 2.57. The van der Waals surface area contributed by atoms with Gasteiger partial charge in [-0.15, -0.1) is 0 Å². The van der Waals surface area contributed by atoms with Gasteiger partial charge >= 0.3 is 0 Å². The summed E-state index contributed by atoms with van der Waals surface area (Å²) in [5.41, 5.74) is -1.40. The molecule has 25 heavy (non-hydrogen) atoms. The van der Waals surface area contributed by atoms with Crippen molar-refractivity contribution in [3.05, 3.63) is 61.2 Å². The van der Waals surface area contributed by atoms with Gasteiger partial charge in [0, 0.05) is 9.64 Å². The van der Waals surface area contributed by atoms with Crippen LogP contribution in [0.1, 0.15) is 25.0 Å². The molecule has 0 aliphatic rings. The minimum atomic E-state index is -1.65. The Hall–Kier alpha value is -1.85. The van der Waals surface area contributed by atoms with E-state index < -0.39 is 34.5 Å². The monoisotopic (exact) mass is 464 g/mol. The van der Waals surface area contributed by atoms with E-state index in [0.29, 0.717) is 3.57 Å². The minimum Gasteiger partial charge on any atom is -0.390 e. The predicted octanol–water partition coefficient (Wildman–Crippen LogP) is 4.03. The fourth-order valence-electron chi connectivity index (χ4n) is 2.31. The Morgan fingerprint density at radius 2 is 1.92 bits per heavy atom. The van der Waals surface area contributed by atoms with Crippen LogP contribution in [0.25, 0.3) is 0 Å². The van der Waals surface area contributed by atoms with Crippen LogP contribution in [-0.4, -0.2) is 21.2 Å². The smallest absolute Gasteiger partial charge is 0.298 e. The van der Waals surface area contributed by atoms with Crippen molar-refractivity contribution in [3.63, 3.8) is 0 Å². The first kappa shape index (κ1) is 19.5. The molecule has 2 aromatic carbocycles. The van der Waals surface area contributed by atoms with E-state index in [2.05, 4.69) is 5.32 Å². The summed E-state index contributed by atoms with van der Waals surface area (Å²) in [5, 5.41) is 33.8. The molecule has 0 heterocycles. The lowest BCUT2D eigenvalue weighted by atomic mass is 9.99. The Kier molecular flexibility index (Phi) is 6.25. The lowest BCUT2D eigenvalue weighted by Gasteiger charge is -2.18. The van der Waals surface area contributed by atoms with E-state index in [-0.39, 0.29) is 23.4 Å². The maximum absolute atomic E-state index is 14.0. The maximum Gasteiger partial charge on any atom is 0.298 e. The normalized spacial score (nSPS) is 13.4. The fraction of sp³-hybridized carbons (Fsp3) is 0.250. The highest BCUT2D eigenvalue weighted by Crippen LogP contribution is 2.37. The third-order valence-corrected chi connectivity index (χ3v) is 4.26. The summed E-state index contributed by atoms with van der Waals surface area (Å²) in [7, 11) is 0. The van der Waals surface area contributed by atoms with Gasteiger partial charge in [-0.25, -0.2) is 8.78 Å². The number of nitrogens with one attached hydrogen (secondary N) is 1. The number of anilines is 2. The SMILES string of the molecule is CCC(O)C(O)c1cc(F)cc(Nc2ccc(I)cc2F)c1[N+](=O)[O-]. The average Bonchev–Trinajstić information content (AvgIpc) is 2.55. The minimum absolute atomic E-state index is 0.0782. The molecular weight excluding hydrogens is 449 g/mol. The van der Waals surface area contributed by atoms with Crippen LogP contribution in [0.3, 0.4) is 0 Å². The Bertz CT molecular complexity index is 804. The van der Waals surface area contributed by atoms with Crippen LogP contribution in [0.4, 0.5) is 25.8 Å². The van der Waals surface area contributed by atoms with Gasteiger partial charge in [-0.1, -0.05) is 6.92 Å². The molecule has 0 saturated carbocycles. The molecule has 2 rings (SSSR count). The molecule has 0 aromatic heterocycles. The van der Waals surface area contributed by atoms with Crippen LogP contribution in [0, 0.1) is 25.3 Å². The van der Waals surface area contributed by atoms with Gasteiger partial charge in [-0.3, -0.25) is 10.1 Å². The average molecular weight is 464 g/mol. The summed E-state index contributed by atoms with van der Waals surface area (Å²) in [6.45, 7) is 1.57. The number of aliphatic hydroxyl groups excluding tert-OH is 2. The van der Waals surface area contributed by atoms with E-state index in [1.165, 1.54) is 12.1 Å². The van der Waals surface area contributed by atoms with Crippen LogP contribution >= 0.6 is 22.6 Å². The zero-order chi connectivity index (χ0) is 18.7. The van der Waals surface area contributed by atoms with E-state index in [9.17, 15) is 29.1 Å². The predicted molar refractivity (Wildman–Crippen MR) is 96.7 cm³/mol. The fourth-order valence-corrected chi connectivity index (χ4v) is 2.76. The van der Waals surface area contributed by atoms with Gasteiger partial charge < -0.3 is 15.5 Å². The Morgan fingerprint density at radius 1 is 1.24 bits per heavy atom. The standard InChI is InChI=1S/C16H15F2IN2O4/c1-2-14(22)16(23)10-5-8(17)6-13(15(10)21(24)25)20-12-4-3-9(19)7-11(12)18/h3-7,14,16,20,22-23H,2H2,1H3. The first-order chi connectivity index (χ1) is 11.7. The summed E-state index contributed by atoms with van der Waals surface area (Å²) in [6, 6.07) is 5.78. The number of hydrogen-bond acceptors (Lipinski definition) is 5. The molecule has 0 radical (unpaired) electrons. The summed E-state index contributed by atoms with van der Waals surface area (Å²) < 4.78 is 28.5. The molecule has 134 valence electrons. The number of halogens is 3. The molecule has 0 amide bonds. The van der Waals surface area contributed by atoms with Gasteiger partial charge in [0.05, 0.1) is 22.3 Å². The van der Waals surface area contributed by atoms with Crippen LogP contribution in [0.15, 0.2) is 30.3 Å². The van der Waals surface area contributed by atoms with Crippen molar-refractivity contribution in [2.24, 2.45) is 0 Å². The number of hydrogen-bond donors (Lipinski definition) is 3. The van der Waals surface area contributed by atoms with Crippen molar-refractivity contribution in [1.29, 1.82) is 0 Å². The maximum atomic E-state index is 14.0. The highest BCUT2D eigenvalue weighted by molar-refractivity contribution is 14.1. The van der Waals surface area contributed by atoms with E-state index in [1.807, 2.05) is 22.6 Å². The molecule has 0 aliphatic heterocycles. The second kappa shape index (κ2) is 8.02. The largest absolute Gasteiger partial charge is 0.390 e. The topological polar surface area (TPSA) is 95.6 Å². The van der Waals surface area contributed by atoms with Crippen molar-refractivity contribution >= 4 is 39.7 Å². The zero-order valence-corrected chi connectivity index (χ0v) is 15.2. The summed E-state index contributed by atoms with van der Waals surface area (Å²) in [4.78, 5) is 10.6. The molecule has 3 N–H and O–H groups in total. The van der Waals surface area contributed by atoms with Crippen molar-refractivity contribution in [3.8, 4) is 0 Å². The molecule has 9 heteroatoms. The molecule has 2 atom stereocenters. The Labute approximate surface area is 155 Å². The lowest BCUT2D eigenvalue weighted by molar-refractivity contribution is -0.385. The zero-order valence-electron chi connectivity index (χ0n) is 13.0. The van der Waals surface area contributed by atoms with Crippen molar-refractivity contribution in [1.82, 2.24) is 0 Å². The summed E-state index contributed by atoms with van der Waals surface area (Å²) in [6.07, 6.45) is -2.84. The molecule has 0 aliphatic carbocycles. The number of aliphatic hydroxyl groups is 2. The molecule has 0 saturated heterocycles. The molecule has 2 aromatic rings. The van der Waals surface area contributed by atoms with Gasteiger partial charge in [0.25, 0.3) is 5.69 Å².